The van der Waals surface area contributed by atoms with Crippen molar-refractivity contribution in [2.24, 2.45) is 0 Å². The van der Waals surface area contributed by atoms with Crippen LogP contribution in [0.15, 0.2) is 114 Å². The van der Waals surface area contributed by atoms with Crippen molar-refractivity contribution in [2.75, 3.05) is 0 Å². The molecule has 0 aromatic heterocycles. The van der Waals surface area contributed by atoms with Crippen LogP contribution in [-0.4, -0.2) is 15.5 Å². The first-order valence-electron chi connectivity index (χ1n) is 20.9. The highest BCUT2D eigenvalue weighted by Gasteiger charge is 2.40. The van der Waals surface area contributed by atoms with Crippen molar-refractivity contribution in [3.63, 3.8) is 0 Å². The summed E-state index contributed by atoms with van der Waals surface area (Å²) in [6, 6.07) is 35.9. The highest BCUT2D eigenvalue weighted by atomic mass is 32.4. The number of aryl methyl sites for hydroxylation is 2. The van der Waals surface area contributed by atoms with Crippen LogP contribution in [0, 0.1) is 27.6 Å². The number of hydrogen-bond donors (Lipinski definition) is 0. The Bertz CT molecular complexity index is 2650. The van der Waals surface area contributed by atoms with E-state index >= 15 is 0 Å². The third-order valence-electron chi connectivity index (χ3n) is 11.0. The summed E-state index contributed by atoms with van der Waals surface area (Å²) < 4.78 is 67.3. The Morgan fingerprint density at radius 2 is 1.19 bits per heavy atom. The van der Waals surface area contributed by atoms with Crippen molar-refractivity contribution < 1.29 is 17.4 Å². The normalized spacial score (nSPS) is 20.2. The highest BCUT2D eigenvalue weighted by molar-refractivity contribution is 8.30. The van der Waals surface area contributed by atoms with E-state index in [0.29, 0.717) is 39.3 Å². The van der Waals surface area contributed by atoms with Gasteiger partial charge in [0, 0.05) is 35.2 Å². The van der Waals surface area contributed by atoms with Gasteiger partial charge in [-0.3, -0.25) is 0 Å². The van der Waals surface area contributed by atoms with E-state index in [0.717, 1.165) is 39.1 Å². The van der Waals surface area contributed by atoms with Crippen molar-refractivity contribution in [3.05, 3.63) is 143 Å². The first kappa shape index (κ1) is 28.2. The van der Waals surface area contributed by atoms with E-state index in [1.54, 1.807) is 25.1 Å². The van der Waals surface area contributed by atoms with Crippen LogP contribution in [0.4, 0.5) is 0 Å². The topological polar surface area (TPSA) is 18.5 Å². The van der Waals surface area contributed by atoms with Gasteiger partial charge in [0.2, 0.25) is 0 Å². The molecule has 6 aromatic rings. The molecule has 0 saturated carbocycles. The summed E-state index contributed by atoms with van der Waals surface area (Å²) in [5, 5.41) is 2.56. The molecule has 0 amide bonds. The summed E-state index contributed by atoms with van der Waals surface area (Å²) >= 11 is 2.00. The Morgan fingerprint density at radius 3 is 1.92 bits per heavy atom. The van der Waals surface area contributed by atoms with Gasteiger partial charge in [-0.05, 0) is 113 Å². The number of rotatable bonds is 3. The molecule has 0 spiro atoms. The molecule has 262 valence electrons. The number of para-hydroxylation sites is 3. The molecule has 1 unspecified atom stereocenters. The Balaban J connectivity index is 1.36. The van der Waals surface area contributed by atoms with Gasteiger partial charge >= 0.3 is 0 Å². The maximum absolute atomic E-state index is 9.13. The minimum atomic E-state index is -2.54. The standard InChI is InChI=1S/C47H48O2SSi2/c1-29-25-27-33(31(3)43(29)35-17-15-20-38-45(35)48-39-21-12-11-19-37(39)47(38,5)6)34-28-26-30(2)44(32(34)4)36-18-16-24-42-46(36)50-52(9,10)41-23-14-13-22-40(41)49-51(42,7)8/h11-28H,1-10H3/i3D3,5D3. The van der Waals surface area contributed by atoms with Crippen LogP contribution in [0.25, 0.3) is 33.4 Å². The smallest absolute Gasteiger partial charge is 0.277 e. The Morgan fingerprint density at radius 1 is 0.596 bits per heavy atom. The second-order valence-corrected chi connectivity index (χ2v) is 27.0. The number of benzene rings is 6. The van der Waals surface area contributed by atoms with Crippen LogP contribution in [0.1, 0.15) is 55.4 Å². The maximum atomic E-state index is 9.13. The zero-order chi connectivity index (χ0) is 41.7. The van der Waals surface area contributed by atoms with Gasteiger partial charge in [0.1, 0.15) is 17.2 Å². The molecule has 0 radical (unpaired) electrons. The Labute approximate surface area is 324 Å². The molecule has 8 rings (SSSR count). The molecular formula is C47H48O2SSi2. The minimum Gasteiger partial charge on any atom is -0.540 e. The molecule has 2 heterocycles. The summed E-state index contributed by atoms with van der Waals surface area (Å²) in [6.45, 7) is 12.2. The van der Waals surface area contributed by atoms with Gasteiger partial charge in [-0.15, -0.1) is 11.2 Å². The van der Waals surface area contributed by atoms with Crippen LogP contribution in [0.5, 0.6) is 17.2 Å². The van der Waals surface area contributed by atoms with Crippen LogP contribution >= 0.6 is 11.2 Å². The van der Waals surface area contributed by atoms with Gasteiger partial charge in [-0.1, -0.05) is 124 Å². The highest BCUT2D eigenvalue weighted by Crippen LogP contribution is 2.53. The van der Waals surface area contributed by atoms with E-state index in [2.05, 4.69) is 88.6 Å². The molecule has 0 bridgehead atoms. The second kappa shape index (κ2) is 12.4. The van der Waals surface area contributed by atoms with Gasteiger partial charge in [0.25, 0.3) is 8.32 Å². The maximum Gasteiger partial charge on any atom is 0.277 e. The predicted octanol–water partition coefficient (Wildman–Crippen LogP) is 12.4. The first-order chi connectivity index (χ1) is 27.2. The zero-order valence-corrected chi connectivity index (χ0v) is 33.9. The van der Waals surface area contributed by atoms with Crippen molar-refractivity contribution in [3.8, 4) is 50.6 Å². The summed E-state index contributed by atoms with van der Waals surface area (Å²) in [4.78, 5) is 1.25. The summed E-state index contributed by atoms with van der Waals surface area (Å²) in [5.74, 6) is 1.82. The van der Waals surface area contributed by atoms with Gasteiger partial charge in [-0.25, -0.2) is 0 Å². The molecule has 0 aliphatic carbocycles. The van der Waals surface area contributed by atoms with E-state index in [9.17, 15) is 0 Å². The van der Waals surface area contributed by atoms with E-state index in [1.165, 1.54) is 15.3 Å². The lowest BCUT2D eigenvalue weighted by molar-refractivity contribution is 0.419. The fourth-order valence-corrected chi connectivity index (χ4v) is 16.9. The number of hydrogen-bond acceptors (Lipinski definition) is 3. The first-order valence-corrected chi connectivity index (χ1v) is 25.4. The molecule has 0 saturated heterocycles. The van der Waals surface area contributed by atoms with E-state index < -0.39 is 34.7 Å². The second-order valence-electron chi connectivity index (χ2n) is 15.4. The molecule has 2 nitrogen and oxygen atoms in total. The zero-order valence-electron chi connectivity index (χ0n) is 37.1. The minimum absolute atomic E-state index is 0.210. The molecule has 2 aliphatic rings. The summed E-state index contributed by atoms with van der Waals surface area (Å²) in [7, 11) is -4.58. The van der Waals surface area contributed by atoms with Crippen molar-refractivity contribution in [1.29, 1.82) is 0 Å². The lowest BCUT2D eigenvalue weighted by Crippen LogP contribution is -2.53. The summed E-state index contributed by atoms with van der Waals surface area (Å²) in [5.41, 5.74) is 7.50. The molecular weight excluding hydrogens is 685 g/mol. The Hall–Kier alpha value is -4.30. The fourth-order valence-electron chi connectivity index (χ4n) is 8.30. The molecule has 5 heteroatoms. The fraction of sp³-hybridized carbons (Fsp3) is 0.234. The third kappa shape index (κ3) is 5.43. The van der Waals surface area contributed by atoms with Gasteiger partial charge in [0.15, 0.2) is 7.22 Å². The van der Waals surface area contributed by atoms with Gasteiger partial charge in [0.05, 0.1) is 0 Å². The molecule has 2 aliphatic heterocycles. The lowest BCUT2D eigenvalue weighted by Gasteiger charge is -2.36. The lowest BCUT2D eigenvalue weighted by atomic mass is 9.74. The average molecular weight is 739 g/mol. The molecule has 1 atom stereocenters. The molecule has 0 fully saturated rings. The third-order valence-corrected chi connectivity index (χ3v) is 19.3. The van der Waals surface area contributed by atoms with E-state index in [1.807, 2.05) is 60.6 Å². The quantitative estimate of drug-likeness (QED) is 0.168. The van der Waals surface area contributed by atoms with Gasteiger partial charge < -0.3 is 9.16 Å². The van der Waals surface area contributed by atoms with Crippen LogP contribution in [-0.2, 0) is 5.41 Å². The van der Waals surface area contributed by atoms with Crippen molar-refractivity contribution in [1.82, 2.24) is 0 Å². The average Bonchev–Trinajstić information content (AvgIpc) is 3.14. The van der Waals surface area contributed by atoms with Crippen LogP contribution in [0.2, 0.25) is 26.2 Å². The molecule has 0 N–H and O–H groups in total. The monoisotopic (exact) mass is 738 g/mol. The van der Waals surface area contributed by atoms with Crippen molar-refractivity contribution in [2.45, 2.75) is 77.9 Å². The van der Waals surface area contributed by atoms with Gasteiger partial charge in [-0.2, -0.15) is 0 Å². The summed E-state index contributed by atoms with van der Waals surface area (Å²) in [6.07, 6.45) is 0. The van der Waals surface area contributed by atoms with E-state index in [-0.39, 0.29) is 5.56 Å². The largest absolute Gasteiger partial charge is 0.540 e. The SMILES string of the molecule is [2H]C([2H])([2H])c1c(-c2ccc(C)c(-c3cccc4c3S[Si](C)(C)c3ccccc3O[Si]4(C)C)c2C)ccc(C)c1-c1cccc2c1Oc1ccccc1C2(C)C([2H])([2H])[2H]. The van der Waals surface area contributed by atoms with Crippen LogP contribution < -0.4 is 19.5 Å². The van der Waals surface area contributed by atoms with E-state index in [4.69, 9.17) is 17.4 Å². The number of ether oxygens (including phenoxy) is 1. The van der Waals surface area contributed by atoms with Crippen molar-refractivity contribution >= 4 is 37.1 Å². The molecule has 52 heavy (non-hydrogen) atoms. The predicted molar refractivity (Wildman–Crippen MR) is 228 cm³/mol. The Kier molecular flexibility index (Phi) is 6.73. The molecule has 6 aromatic carbocycles. The van der Waals surface area contributed by atoms with Crippen LogP contribution in [0.3, 0.4) is 0 Å². The number of fused-ring (bicyclic) bond motifs is 4.